The van der Waals surface area contributed by atoms with E-state index in [1.165, 1.54) is 0 Å². The monoisotopic (exact) mass is 264 g/mol. The highest BCUT2D eigenvalue weighted by Crippen LogP contribution is 2.07. The first kappa shape index (κ1) is 13.6. The van der Waals surface area contributed by atoms with Crippen molar-refractivity contribution in [3.05, 3.63) is 22.7 Å². The van der Waals surface area contributed by atoms with Crippen molar-refractivity contribution in [2.75, 3.05) is 11.9 Å². The Morgan fingerprint density at radius 1 is 1.53 bits per heavy atom. The first-order chi connectivity index (χ1) is 9.06. The van der Waals surface area contributed by atoms with E-state index >= 15 is 0 Å². The van der Waals surface area contributed by atoms with Crippen molar-refractivity contribution in [2.45, 2.75) is 39.3 Å². The lowest BCUT2D eigenvalue weighted by Gasteiger charge is -2.13. The second-order valence-corrected chi connectivity index (χ2v) is 5.31. The van der Waals surface area contributed by atoms with Crippen LogP contribution in [0, 0.1) is 5.92 Å². The first-order valence-corrected chi connectivity index (χ1v) is 6.65. The van der Waals surface area contributed by atoms with Gasteiger partial charge in [-0.05, 0) is 12.3 Å². The largest absolute Gasteiger partial charge is 0.363 e. The molecule has 2 N–H and O–H groups in total. The predicted molar refractivity (Wildman–Crippen MR) is 73.0 cm³/mol. The van der Waals surface area contributed by atoms with Crippen LogP contribution in [0.25, 0.3) is 0 Å². The smallest absolute Gasteiger partial charge is 0.293 e. The number of rotatable bonds is 5. The van der Waals surface area contributed by atoms with E-state index in [-0.39, 0.29) is 17.5 Å². The second kappa shape index (κ2) is 5.86. The number of hydrogen-bond donors (Lipinski definition) is 2. The van der Waals surface area contributed by atoms with E-state index in [2.05, 4.69) is 29.5 Å². The third-order valence-corrected chi connectivity index (χ3v) is 3.08. The van der Waals surface area contributed by atoms with Gasteiger partial charge in [0.05, 0.1) is 0 Å². The van der Waals surface area contributed by atoms with E-state index in [1.807, 2.05) is 0 Å². The van der Waals surface area contributed by atoms with Crippen molar-refractivity contribution < 1.29 is 4.79 Å². The molecule has 6 heteroatoms. The summed E-state index contributed by atoms with van der Waals surface area (Å²) in [6, 6.07) is 0.0902. The molecule has 1 aliphatic heterocycles. The van der Waals surface area contributed by atoms with E-state index in [4.69, 9.17) is 0 Å². The third kappa shape index (κ3) is 3.56. The number of carbonyl (C=O) groups is 1. The number of carbonyl (C=O) groups excluding carboxylic acids is 1. The van der Waals surface area contributed by atoms with E-state index in [9.17, 15) is 9.59 Å². The SMILES string of the molecule is CC(C)Cn1ccnc(NCC2CCC(=O)N2)c1=O. The molecule has 1 aromatic rings. The zero-order valence-corrected chi connectivity index (χ0v) is 11.3. The average Bonchev–Trinajstić information content (AvgIpc) is 2.76. The molecule has 2 heterocycles. The van der Waals surface area contributed by atoms with Crippen molar-refractivity contribution in [3.63, 3.8) is 0 Å². The Morgan fingerprint density at radius 2 is 2.32 bits per heavy atom. The van der Waals surface area contributed by atoms with Crippen LogP contribution in [0.3, 0.4) is 0 Å². The van der Waals surface area contributed by atoms with Crippen LogP contribution in [0.1, 0.15) is 26.7 Å². The standard InChI is InChI=1S/C13H20N4O2/c1-9(2)8-17-6-5-14-12(13(17)19)15-7-10-3-4-11(18)16-10/h5-6,9-10H,3-4,7-8H2,1-2H3,(H,14,15)(H,16,18). The molecule has 0 aromatic carbocycles. The molecule has 1 aliphatic rings. The highest BCUT2D eigenvalue weighted by molar-refractivity contribution is 5.78. The Morgan fingerprint density at radius 3 is 2.95 bits per heavy atom. The maximum absolute atomic E-state index is 12.1. The van der Waals surface area contributed by atoms with E-state index in [1.54, 1.807) is 17.0 Å². The molecule has 0 bridgehead atoms. The average molecular weight is 264 g/mol. The minimum Gasteiger partial charge on any atom is -0.363 e. The number of nitrogens with zero attached hydrogens (tertiary/aromatic N) is 2. The van der Waals surface area contributed by atoms with Gasteiger partial charge in [0.2, 0.25) is 5.91 Å². The van der Waals surface area contributed by atoms with Gasteiger partial charge in [0.25, 0.3) is 5.56 Å². The lowest BCUT2D eigenvalue weighted by Crippen LogP contribution is -2.34. The van der Waals surface area contributed by atoms with Crippen molar-refractivity contribution in [1.82, 2.24) is 14.9 Å². The van der Waals surface area contributed by atoms with E-state index in [0.29, 0.717) is 31.2 Å². The van der Waals surface area contributed by atoms with Crippen molar-refractivity contribution in [1.29, 1.82) is 0 Å². The molecule has 1 unspecified atom stereocenters. The van der Waals surface area contributed by atoms with Crippen LogP contribution >= 0.6 is 0 Å². The van der Waals surface area contributed by atoms with E-state index in [0.717, 1.165) is 6.42 Å². The van der Waals surface area contributed by atoms with Crippen LogP contribution in [0.15, 0.2) is 17.2 Å². The molecule has 0 saturated carbocycles. The maximum Gasteiger partial charge on any atom is 0.293 e. The van der Waals surface area contributed by atoms with Crippen molar-refractivity contribution in [3.8, 4) is 0 Å². The maximum atomic E-state index is 12.1. The molecule has 6 nitrogen and oxygen atoms in total. The van der Waals surface area contributed by atoms with Gasteiger partial charge in [-0.25, -0.2) is 4.98 Å². The van der Waals surface area contributed by atoms with Gasteiger partial charge in [-0.15, -0.1) is 0 Å². The lowest BCUT2D eigenvalue weighted by atomic mass is 10.2. The fraction of sp³-hybridized carbons (Fsp3) is 0.615. The van der Waals surface area contributed by atoms with Gasteiger partial charge in [0.1, 0.15) is 0 Å². The summed E-state index contributed by atoms with van der Waals surface area (Å²) in [7, 11) is 0. The summed E-state index contributed by atoms with van der Waals surface area (Å²) in [5, 5.41) is 5.88. The van der Waals surface area contributed by atoms with Gasteiger partial charge in [-0.3, -0.25) is 9.59 Å². The van der Waals surface area contributed by atoms with Gasteiger partial charge in [0, 0.05) is 37.9 Å². The topological polar surface area (TPSA) is 76.0 Å². The van der Waals surface area contributed by atoms with Crippen LogP contribution in [0.5, 0.6) is 0 Å². The molecule has 0 aliphatic carbocycles. The summed E-state index contributed by atoms with van der Waals surface area (Å²) < 4.78 is 1.66. The molecular weight excluding hydrogens is 244 g/mol. The summed E-state index contributed by atoms with van der Waals surface area (Å²) in [5.74, 6) is 0.830. The number of nitrogens with one attached hydrogen (secondary N) is 2. The van der Waals surface area contributed by atoms with Crippen LogP contribution < -0.4 is 16.2 Å². The molecule has 1 amide bonds. The van der Waals surface area contributed by atoms with Crippen LogP contribution in [0.4, 0.5) is 5.82 Å². The quantitative estimate of drug-likeness (QED) is 0.816. The number of anilines is 1. The summed E-state index contributed by atoms with van der Waals surface area (Å²) in [6.45, 7) is 5.35. The summed E-state index contributed by atoms with van der Waals surface area (Å²) in [6.07, 6.45) is 4.69. The molecular formula is C13H20N4O2. The Balaban J connectivity index is 2.00. The Bertz CT molecular complexity index is 510. The molecule has 0 spiro atoms. The van der Waals surface area contributed by atoms with Crippen LogP contribution in [-0.2, 0) is 11.3 Å². The highest BCUT2D eigenvalue weighted by atomic mass is 16.2. The predicted octanol–water partition coefficient (Wildman–Crippen LogP) is 0.590. The van der Waals surface area contributed by atoms with Crippen LogP contribution in [-0.4, -0.2) is 28.0 Å². The minimum absolute atomic E-state index is 0.0741. The molecule has 2 rings (SSSR count). The Labute approximate surface area is 112 Å². The zero-order valence-electron chi connectivity index (χ0n) is 11.3. The molecule has 1 aromatic heterocycles. The lowest BCUT2D eigenvalue weighted by molar-refractivity contribution is -0.119. The first-order valence-electron chi connectivity index (χ1n) is 6.65. The molecule has 1 fully saturated rings. The zero-order chi connectivity index (χ0) is 13.8. The van der Waals surface area contributed by atoms with Gasteiger partial charge in [0.15, 0.2) is 5.82 Å². The fourth-order valence-corrected chi connectivity index (χ4v) is 2.16. The molecule has 1 saturated heterocycles. The van der Waals surface area contributed by atoms with Gasteiger partial charge < -0.3 is 15.2 Å². The van der Waals surface area contributed by atoms with Gasteiger partial charge >= 0.3 is 0 Å². The van der Waals surface area contributed by atoms with Gasteiger partial charge in [-0.1, -0.05) is 13.8 Å². The Hall–Kier alpha value is -1.85. The van der Waals surface area contributed by atoms with E-state index < -0.39 is 0 Å². The normalized spacial score (nSPS) is 18.7. The summed E-state index contributed by atoms with van der Waals surface area (Å²) in [4.78, 5) is 27.3. The Kier molecular flexibility index (Phi) is 4.19. The molecule has 19 heavy (non-hydrogen) atoms. The summed E-state index contributed by atoms with van der Waals surface area (Å²) >= 11 is 0. The molecule has 104 valence electrons. The third-order valence-electron chi connectivity index (χ3n) is 3.08. The number of hydrogen-bond acceptors (Lipinski definition) is 4. The van der Waals surface area contributed by atoms with Crippen molar-refractivity contribution in [2.24, 2.45) is 5.92 Å². The van der Waals surface area contributed by atoms with Crippen LogP contribution in [0.2, 0.25) is 0 Å². The number of amides is 1. The second-order valence-electron chi connectivity index (χ2n) is 5.31. The number of aromatic nitrogens is 2. The minimum atomic E-state index is -0.111. The highest BCUT2D eigenvalue weighted by Gasteiger charge is 2.20. The van der Waals surface area contributed by atoms with Gasteiger partial charge in [-0.2, -0.15) is 0 Å². The molecule has 0 radical (unpaired) electrons. The molecule has 1 atom stereocenters. The fourth-order valence-electron chi connectivity index (χ4n) is 2.16. The van der Waals surface area contributed by atoms with Crippen molar-refractivity contribution >= 4 is 11.7 Å². The summed E-state index contributed by atoms with van der Waals surface area (Å²) in [5.41, 5.74) is -0.111.